The van der Waals surface area contributed by atoms with E-state index in [0.29, 0.717) is 12.4 Å². The van der Waals surface area contributed by atoms with Crippen molar-refractivity contribution in [1.29, 1.82) is 0 Å². The van der Waals surface area contributed by atoms with Crippen LogP contribution in [0.25, 0.3) is 11.2 Å². The van der Waals surface area contributed by atoms with Gasteiger partial charge >= 0.3 is 6.08 Å². The van der Waals surface area contributed by atoms with Gasteiger partial charge in [0.1, 0.15) is 30.7 Å². The molecule has 4 rings (SSSR count). The molecule has 160 valence electrons. The number of anilines is 1. The van der Waals surface area contributed by atoms with Crippen LogP contribution in [0.4, 0.5) is 10.2 Å². The van der Waals surface area contributed by atoms with Crippen molar-refractivity contribution >= 4 is 17.0 Å². The topological polar surface area (TPSA) is 135 Å². The van der Waals surface area contributed by atoms with E-state index in [-0.39, 0.29) is 23.0 Å². The number of nitrogens with one attached hydrogen (secondary N) is 1. The minimum absolute atomic E-state index is 0.0796. The zero-order valence-electron chi connectivity index (χ0n) is 16.1. The highest BCUT2D eigenvalue weighted by atomic mass is 19.1. The number of imidazole rings is 1. The number of aliphatic hydroxyl groups excluding tert-OH is 3. The van der Waals surface area contributed by atoms with E-state index in [0.717, 1.165) is 0 Å². The lowest BCUT2D eigenvalue weighted by Gasteiger charge is -2.17. The Balaban J connectivity index is 1.55. The summed E-state index contributed by atoms with van der Waals surface area (Å²) in [6.07, 6.45) is -4.36. The number of ether oxygens (including phenoxy) is 2. The fourth-order valence-corrected chi connectivity index (χ4v) is 3.30. The SMILES string of the molecule is C[C@H](COc1ccccc1)Nc1nc(F)nc2c1ncn2[C@@H]1O[C@H](CO)[C@@H](O)[C@H]1O. The van der Waals surface area contributed by atoms with Crippen molar-refractivity contribution in [3.63, 3.8) is 0 Å². The second-order valence-electron chi connectivity index (χ2n) is 7.06. The van der Waals surface area contributed by atoms with Gasteiger partial charge in [-0.1, -0.05) is 18.2 Å². The van der Waals surface area contributed by atoms with Gasteiger partial charge in [0.15, 0.2) is 23.2 Å². The summed E-state index contributed by atoms with van der Waals surface area (Å²) in [4.78, 5) is 11.8. The van der Waals surface area contributed by atoms with Crippen LogP contribution < -0.4 is 10.1 Å². The molecular weight excluding hydrogens is 397 g/mol. The molecule has 0 saturated carbocycles. The van der Waals surface area contributed by atoms with E-state index in [1.807, 2.05) is 37.3 Å². The average molecular weight is 419 g/mol. The third-order valence-electron chi connectivity index (χ3n) is 4.81. The van der Waals surface area contributed by atoms with E-state index in [4.69, 9.17) is 9.47 Å². The summed E-state index contributed by atoms with van der Waals surface area (Å²) in [5.41, 5.74) is 0.344. The number of para-hydroxylation sites is 1. The normalized spacial score (nSPS) is 24.8. The standard InChI is InChI=1S/C19H22FN5O5/c1-10(8-29-11-5-3-2-4-6-11)22-16-13-17(24-19(20)23-16)25(9-21-13)18-15(28)14(27)12(7-26)30-18/h2-6,9-10,12,14-15,18,26-28H,7-8H2,1H3,(H,22,23,24)/t10-,12-,14-,15-,18-/m1/s1. The van der Waals surface area contributed by atoms with Gasteiger partial charge in [-0.05, 0) is 19.1 Å². The lowest BCUT2D eigenvalue weighted by atomic mass is 10.1. The monoisotopic (exact) mass is 419 g/mol. The number of hydrogen-bond acceptors (Lipinski definition) is 9. The third kappa shape index (κ3) is 3.92. The van der Waals surface area contributed by atoms with Gasteiger partial charge in [-0.25, -0.2) is 4.98 Å². The minimum Gasteiger partial charge on any atom is -0.491 e. The maximum atomic E-state index is 14.1. The molecule has 10 nitrogen and oxygen atoms in total. The van der Waals surface area contributed by atoms with Gasteiger partial charge in [0.2, 0.25) is 0 Å². The molecule has 0 amide bonds. The molecule has 1 aliphatic rings. The van der Waals surface area contributed by atoms with Crippen LogP contribution in [0, 0.1) is 6.08 Å². The largest absolute Gasteiger partial charge is 0.491 e. The van der Waals surface area contributed by atoms with Crippen molar-refractivity contribution in [2.45, 2.75) is 37.5 Å². The first-order chi connectivity index (χ1) is 14.5. The lowest BCUT2D eigenvalue weighted by molar-refractivity contribution is -0.0511. The highest BCUT2D eigenvalue weighted by Gasteiger charge is 2.44. The lowest BCUT2D eigenvalue weighted by Crippen LogP contribution is -2.33. The van der Waals surface area contributed by atoms with Crippen molar-refractivity contribution in [3.8, 4) is 5.75 Å². The molecule has 0 spiro atoms. The third-order valence-corrected chi connectivity index (χ3v) is 4.81. The number of benzene rings is 1. The summed E-state index contributed by atoms with van der Waals surface area (Å²) in [5.74, 6) is 0.867. The van der Waals surface area contributed by atoms with Crippen LogP contribution in [0.1, 0.15) is 13.2 Å². The Bertz CT molecular complexity index is 1000. The van der Waals surface area contributed by atoms with Gasteiger partial charge in [-0.15, -0.1) is 0 Å². The van der Waals surface area contributed by atoms with Gasteiger partial charge in [0.05, 0.1) is 19.0 Å². The summed E-state index contributed by atoms with van der Waals surface area (Å²) in [6, 6.07) is 9.04. The molecule has 30 heavy (non-hydrogen) atoms. The molecule has 1 saturated heterocycles. The average Bonchev–Trinajstić information content (AvgIpc) is 3.28. The van der Waals surface area contributed by atoms with E-state index < -0.39 is 37.2 Å². The van der Waals surface area contributed by atoms with Crippen molar-refractivity contribution in [2.75, 3.05) is 18.5 Å². The van der Waals surface area contributed by atoms with Crippen LogP contribution in [0.3, 0.4) is 0 Å². The molecule has 11 heteroatoms. The number of aromatic nitrogens is 4. The molecular formula is C19H22FN5O5. The quantitative estimate of drug-likeness (QED) is 0.403. The summed E-state index contributed by atoms with van der Waals surface area (Å²) in [5, 5.41) is 32.6. The first kappa shape index (κ1) is 20.4. The molecule has 0 radical (unpaired) electrons. The highest BCUT2D eigenvalue weighted by molar-refractivity contribution is 5.82. The Morgan fingerprint density at radius 2 is 2.00 bits per heavy atom. The number of rotatable bonds is 7. The van der Waals surface area contributed by atoms with Gasteiger partial charge in [0.25, 0.3) is 0 Å². The number of aliphatic hydroxyl groups is 3. The van der Waals surface area contributed by atoms with E-state index in [1.54, 1.807) is 0 Å². The smallest absolute Gasteiger partial charge is 0.312 e. The first-order valence-electron chi connectivity index (χ1n) is 9.45. The van der Waals surface area contributed by atoms with Crippen LogP contribution in [-0.2, 0) is 4.74 Å². The Kier molecular flexibility index (Phi) is 5.77. The molecule has 1 fully saturated rings. The second-order valence-corrected chi connectivity index (χ2v) is 7.06. The van der Waals surface area contributed by atoms with Crippen molar-refractivity contribution in [3.05, 3.63) is 42.7 Å². The summed E-state index contributed by atoms with van der Waals surface area (Å²) in [7, 11) is 0. The fraction of sp³-hybridized carbons (Fsp3) is 0.421. The van der Waals surface area contributed by atoms with Gasteiger partial charge in [-0.3, -0.25) is 4.57 Å². The van der Waals surface area contributed by atoms with Gasteiger partial charge in [0, 0.05) is 0 Å². The number of hydrogen-bond donors (Lipinski definition) is 4. The molecule has 0 aliphatic carbocycles. The maximum absolute atomic E-state index is 14.1. The number of fused-ring (bicyclic) bond motifs is 1. The Hall–Kier alpha value is -2.86. The second kappa shape index (κ2) is 8.48. The molecule has 5 atom stereocenters. The van der Waals surface area contributed by atoms with E-state index >= 15 is 0 Å². The van der Waals surface area contributed by atoms with Gasteiger partial charge in [-0.2, -0.15) is 14.4 Å². The Labute approximate surface area is 170 Å². The molecule has 1 aromatic carbocycles. The molecule has 2 aromatic heterocycles. The molecule has 0 bridgehead atoms. The molecule has 0 unspecified atom stereocenters. The van der Waals surface area contributed by atoms with Gasteiger partial charge < -0.3 is 30.1 Å². The predicted molar refractivity (Wildman–Crippen MR) is 103 cm³/mol. The predicted octanol–water partition coefficient (Wildman–Crippen LogP) is 0.456. The van der Waals surface area contributed by atoms with Crippen LogP contribution in [0.15, 0.2) is 36.7 Å². The van der Waals surface area contributed by atoms with Crippen molar-refractivity contribution in [1.82, 2.24) is 19.5 Å². The molecule has 4 N–H and O–H groups in total. The molecule has 1 aliphatic heterocycles. The molecule has 3 aromatic rings. The van der Waals surface area contributed by atoms with E-state index in [2.05, 4.69) is 20.3 Å². The van der Waals surface area contributed by atoms with Crippen LogP contribution >= 0.6 is 0 Å². The van der Waals surface area contributed by atoms with Crippen molar-refractivity contribution in [2.24, 2.45) is 0 Å². The van der Waals surface area contributed by atoms with E-state index in [1.165, 1.54) is 10.9 Å². The number of nitrogens with zero attached hydrogens (tertiary/aromatic N) is 4. The molecule has 3 heterocycles. The van der Waals surface area contributed by atoms with E-state index in [9.17, 15) is 19.7 Å². The van der Waals surface area contributed by atoms with Crippen LogP contribution in [-0.4, -0.2) is 72.4 Å². The maximum Gasteiger partial charge on any atom is 0.312 e. The zero-order chi connectivity index (χ0) is 21.3. The highest BCUT2D eigenvalue weighted by Crippen LogP contribution is 2.32. The number of halogens is 1. The van der Waals surface area contributed by atoms with Crippen LogP contribution in [0.2, 0.25) is 0 Å². The van der Waals surface area contributed by atoms with Crippen molar-refractivity contribution < 1.29 is 29.2 Å². The summed E-state index contributed by atoms with van der Waals surface area (Å²) >= 11 is 0. The summed E-state index contributed by atoms with van der Waals surface area (Å²) < 4.78 is 26.6. The van der Waals surface area contributed by atoms with Crippen LogP contribution in [0.5, 0.6) is 5.75 Å². The summed E-state index contributed by atoms with van der Waals surface area (Å²) in [6.45, 7) is 1.67. The zero-order valence-corrected chi connectivity index (χ0v) is 16.1. The fourth-order valence-electron chi connectivity index (χ4n) is 3.30. The minimum atomic E-state index is -1.34. The Morgan fingerprint density at radius 3 is 2.70 bits per heavy atom. The Morgan fingerprint density at radius 1 is 1.23 bits per heavy atom. The first-order valence-corrected chi connectivity index (χ1v) is 9.45.